The van der Waals surface area contributed by atoms with Crippen molar-refractivity contribution in [1.29, 1.82) is 0 Å². The maximum atomic E-state index is 14.3. The summed E-state index contributed by atoms with van der Waals surface area (Å²) in [5.74, 6) is -5.75. The molecule has 0 saturated carbocycles. The molecule has 380 valence electrons. The van der Waals surface area contributed by atoms with Gasteiger partial charge in [0.1, 0.15) is 48.3 Å². The Morgan fingerprint density at radius 1 is 0.455 bits per heavy atom. The highest BCUT2D eigenvalue weighted by molar-refractivity contribution is 5.98. The standard InChI is InChI=1S/C47H87N9O10/c1-20-21-37(58)52(15)36(25-57)46(65)56(19)39(30(10)11)43(62)51-38(29(8)9)47(66)54(17)34(23-27(4)5)42(61)49-31(12)40(59)50-32(13)44(63)55(18)35(24-28(6)7)45(64)53(16)33(22-26(2)3)41(60)48-14/h26-36,38-39,57H,20-25H2,1-19H3,(H,48,60)(H,49,61)(H,50,59)(H,51,62)/t31-,32-,33+,34+,35+,36?,38+,39+/m1/s1. The lowest BCUT2D eigenvalue weighted by Crippen LogP contribution is -2.62. The monoisotopic (exact) mass is 938 g/mol. The molecule has 0 aromatic heterocycles. The van der Waals surface area contributed by atoms with E-state index in [1.165, 1.54) is 73.6 Å². The van der Waals surface area contributed by atoms with Crippen molar-refractivity contribution in [3.05, 3.63) is 0 Å². The van der Waals surface area contributed by atoms with Crippen LogP contribution in [-0.4, -0.2) is 180 Å². The normalized spacial score (nSPS) is 15.2. The van der Waals surface area contributed by atoms with Crippen LogP contribution in [0.1, 0.15) is 122 Å². The molecule has 66 heavy (non-hydrogen) atoms. The molecule has 0 saturated heterocycles. The third-order valence-corrected chi connectivity index (χ3v) is 11.8. The van der Waals surface area contributed by atoms with Crippen molar-refractivity contribution in [2.24, 2.45) is 29.6 Å². The van der Waals surface area contributed by atoms with Crippen molar-refractivity contribution in [2.75, 3.05) is 48.9 Å². The fourth-order valence-electron chi connectivity index (χ4n) is 7.79. The second kappa shape index (κ2) is 28.4. The van der Waals surface area contributed by atoms with Crippen LogP contribution < -0.4 is 21.3 Å². The molecule has 19 heteroatoms. The highest BCUT2D eigenvalue weighted by atomic mass is 16.3. The molecule has 9 amide bonds. The third-order valence-electron chi connectivity index (χ3n) is 11.8. The zero-order valence-electron chi connectivity index (χ0n) is 43.6. The van der Waals surface area contributed by atoms with E-state index in [0.717, 1.165) is 0 Å². The summed E-state index contributed by atoms with van der Waals surface area (Å²) in [5.41, 5.74) is 0. The zero-order chi connectivity index (χ0) is 51.7. The molecule has 0 spiro atoms. The van der Waals surface area contributed by atoms with Crippen LogP contribution in [0, 0.1) is 29.6 Å². The van der Waals surface area contributed by atoms with E-state index in [1.807, 2.05) is 48.5 Å². The molecule has 0 aliphatic heterocycles. The predicted octanol–water partition coefficient (Wildman–Crippen LogP) is 1.60. The van der Waals surface area contributed by atoms with Crippen molar-refractivity contribution >= 4 is 53.2 Å². The minimum Gasteiger partial charge on any atom is -0.394 e. The third kappa shape index (κ3) is 17.8. The van der Waals surface area contributed by atoms with Gasteiger partial charge in [-0.1, -0.05) is 76.2 Å². The summed E-state index contributed by atoms with van der Waals surface area (Å²) in [6, 6.07) is -8.52. The smallest absolute Gasteiger partial charge is 0.248 e. The molecule has 0 aromatic carbocycles. The van der Waals surface area contributed by atoms with Gasteiger partial charge in [-0.2, -0.15) is 0 Å². The zero-order valence-corrected chi connectivity index (χ0v) is 43.6. The fourth-order valence-corrected chi connectivity index (χ4v) is 7.79. The van der Waals surface area contributed by atoms with Gasteiger partial charge in [-0.3, -0.25) is 43.2 Å². The maximum absolute atomic E-state index is 14.3. The Balaban J connectivity index is 6.32. The van der Waals surface area contributed by atoms with Gasteiger partial charge in [-0.15, -0.1) is 0 Å². The van der Waals surface area contributed by atoms with Crippen molar-refractivity contribution in [1.82, 2.24) is 45.8 Å². The molecule has 0 fully saturated rings. The average Bonchev–Trinajstić information content (AvgIpc) is 3.23. The molecular formula is C47H87N9O10. The van der Waals surface area contributed by atoms with Gasteiger partial charge in [0.05, 0.1) is 6.61 Å². The Bertz CT molecular complexity index is 1650. The lowest BCUT2D eigenvalue weighted by atomic mass is 9.96. The predicted molar refractivity (Wildman–Crippen MR) is 254 cm³/mol. The van der Waals surface area contributed by atoms with Gasteiger partial charge >= 0.3 is 0 Å². The Labute approximate surface area is 395 Å². The average molecular weight is 938 g/mol. The van der Waals surface area contributed by atoms with E-state index >= 15 is 0 Å². The molecule has 0 bridgehead atoms. The number of carbonyl (C=O) groups excluding carboxylic acids is 9. The van der Waals surface area contributed by atoms with Gasteiger partial charge in [0.2, 0.25) is 53.2 Å². The van der Waals surface area contributed by atoms with E-state index < -0.39 is 108 Å². The van der Waals surface area contributed by atoms with Crippen LogP contribution >= 0.6 is 0 Å². The summed E-state index contributed by atoms with van der Waals surface area (Å²) in [4.78, 5) is 129. The first-order chi connectivity index (χ1) is 30.4. The summed E-state index contributed by atoms with van der Waals surface area (Å²) >= 11 is 0. The van der Waals surface area contributed by atoms with Crippen LogP contribution in [0.15, 0.2) is 0 Å². The van der Waals surface area contributed by atoms with E-state index in [-0.39, 0.29) is 42.4 Å². The van der Waals surface area contributed by atoms with Gasteiger partial charge < -0.3 is 50.9 Å². The molecule has 0 rings (SSSR count). The van der Waals surface area contributed by atoms with E-state index in [1.54, 1.807) is 34.7 Å². The topological polar surface area (TPSA) is 238 Å². The second-order valence-corrected chi connectivity index (χ2v) is 19.7. The van der Waals surface area contributed by atoms with Gasteiger partial charge in [0.25, 0.3) is 0 Å². The molecule has 0 radical (unpaired) electrons. The first-order valence-electron chi connectivity index (χ1n) is 23.5. The van der Waals surface area contributed by atoms with E-state index in [2.05, 4.69) is 21.3 Å². The largest absolute Gasteiger partial charge is 0.394 e. The summed E-state index contributed by atoms with van der Waals surface area (Å²) in [6.45, 7) is 22.4. The first kappa shape index (κ1) is 61.2. The number of carbonyl (C=O) groups is 9. The SMILES string of the molecule is CCCC(=O)N(C)C(CO)C(=O)N(C)[C@H](C(=O)N[C@H](C(=O)N(C)[C@@H](CC(C)C)C(=O)N[C@H](C)C(=O)N[C@H](C)C(=O)N(C)[C@@H](CC(C)C)C(=O)N(C)[C@@H](CC(C)C)C(=O)NC)C(C)C)C(C)C. The number of rotatable bonds is 27. The van der Waals surface area contributed by atoms with E-state index in [4.69, 9.17) is 0 Å². The van der Waals surface area contributed by atoms with Crippen LogP contribution in [0.4, 0.5) is 0 Å². The van der Waals surface area contributed by atoms with Crippen molar-refractivity contribution in [3.8, 4) is 0 Å². The summed E-state index contributed by atoms with van der Waals surface area (Å²) in [7, 11) is 8.80. The van der Waals surface area contributed by atoms with Gasteiger partial charge in [-0.25, -0.2) is 0 Å². The van der Waals surface area contributed by atoms with Crippen LogP contribution in [0.2, 0.25) is 0 Å². The molecule has 0 aliphatic carbocycles. The number of nitrogens with one attached hydrogen (secondary N) is 4. The summed E-state index contributed by atoms with van der Waals surface area (Å²) < 4.78 is 0. The van der Waals surface area contributed by atoms with Gasteiger partial charge in [0.15, 0.2) is 0 Å². The molecule has 0 aliphatic rings. The number of aliphatic hydroxyl groups is 1. The van der Waals surface area contributed by atoms with Crippen molar-refractivity contribution in [3.63, 3.8) is 0 Å². The molecule has 5 N–H and O–H groups in total. The number of aliphatic hydroxyl groups excluding tert-OH is 1. The first-order valence-corrected chi connectivity index (χ1v) is 23.5. The van der Waals surface area contributed by atoms with Gasteiger partial charge in [0, 0.05) is 48.7 Å². The van der Waals surface area contributed by atoms with Crippen molar-refractivity contribution < 1.29 is 48.3 Å². The fraction of sp³-hybridized carbons (Fsp3) is 0.809. The Morgan fingerprint density at radius 3 is 1.30 bits per heavy atom. The quantitative estimate of drug-likeness (QED) is 0.0798. The Morgan fingerprint density at radius 2 is 0.879 bits per heavy atom. The highest BCUT2D eigenvalue weighted by Crippen LogP contribution is 2.20. The molecular weight excluding hydrogens is 851 g/mol. The summed E-state index contributed by atoms with van der Waals surface area (Å²) in [6.07, 6.45) is 1.62. The van der Waals surface area contributed by atoms with Gasteiger partial charge in [-0.05, 0) is 69.1 Å². The lowest BCUT2D eigenvalue weighted by Gasteiger charge is -2.37. The molecule has 0 heterocycles. The number of nitrogens with zero attached hydrogens (tertiary/aromatic N) is 5. The minimum absolute atomic E-state index is 0.00142. The van der Waals surface area contributed by atoms with E-state index in [0.29, 0.717) is 19.3 Å². The lowest BCUT2D eigenvalue weighted by molar-refractivity contribution is -0.151. The molecule has 0 aromatic rings. The number of likely N-dealkylation sites (N-methyl/N-ethyl adjacent to an activating group) is 6. The number of hydrogen-bond acceptors (Lipinski definition) is 10. The van der Waals surface area contributed by atoms with Crippen LogP contribution in [0.3, 0.4) is 0 Å². The molecule has 1 unspecified atom stereocenters. The summed E-state index contributed by atoms with van der Waals surface area (Å²) in [5, 5.41) is 20.9. The minimum atomic E-state index is -1.23. The maximum Gasteiger partial charge on any atom is 0.248 e. The number of hydrogen-bond donors (Lipinski definition) is 5. The van der Waals surface area contributed by atoms with Crippen molar-refractivity contribution in [2.45, 2.75) is 170 Å². The highest BCUT2D eigenvalue weighted by Gasteiger charge is 2.41. The van der Waals surface area contributed by atoms with Crippen LogP contribution in [0.5, 0.6) is 0 Å². The molecule has 19 nitrogen and oxygen atoms in total. The second-order valence-electron chi connectivity index (χ2n) is 19.7. The Kier molecular flexibility index (Phi) is 26.3. The van der Waals surface area contributed by atoms with Crippen LogP contribution in [0.25, 0.3) is 0 Å². The van der Waals surface area contributed by atoms with Crippen LogP contribution in [-0.2, 0) is 43.2 Å². The van der Waals surface area contributed by atoms with E-state index in [9.17, 15) is 48.3 Å². The Hall–Kier alpha value is -4.81. The number of amides is 9. The molecule has 8 atom stereocenters.